The number of aliphatic hydroxyl groups is 1. The highest BCUT2D eigenvalue weighted by atomic mass is 35.5. The maximum atomic E-state index is 11.4. The van der Waals surface area contributed by atoms with Crippen LogP contribution in [0.5, 0.6) is 0 Å². The summed E-state index contributed by atoms with van der Waals surface area (Å²) >= 11 is 6.16. The van der Waals surface area contributed by atoms with Crippen LogP contribution in [0.15, 0.2) is 46.5 Å². The summed E-state index contributed by atoms with van der Waals surface area (Å²) in [6.45, 7) is 1.88. The molecular weight excluding hydrogens is 378 g/mol. The zero-order chi connectivity index (χ0) is 20.3. The molecule has 1 aliphatic heterocycles. The van der Waals surface area contributed by atoms with Crippen molar-refractivity contribution < 1.29 is 15.0 Å². The second-order valence-electron chi connectivity index (χ2n) is 7.06. The van der Waals surface area contributed by atoms with Crippen molar-refractivity contribution >= 4 is 28.5 Å². The molecule has 0 fully saturated rings. The Hall–Kier alpha value is -2.44. The molecule has 1 aromatic heterocycles. The summed E-state index contributed by atoms with van der Waals surface area (Å²) in [4.78, 5) is 20.6. The van der Waals surface area contributed by atoms with Crippen LogP contribution in [0.4, 0.5) is 0 Å². The minimum Gasteiger partial charge on any atom is -0.543 e. The molecule has 0 aliphatic carbocycles. The standard InChI is InChI=1S/C21H24ClN3O3/c1-3-4-10-21(23-17(13-26)19(22)24-21)12-14-5-7-15(8-6-14)16-9-11-25(2)18(16)20(27)28/h5-9,11,26H,3-4,10,12-13H2,1-2H3,(H,27,28)/p-1. The van der Waals surface area contributed by atoms with Crippen LogP contribution >= 0.6 is 11.6 Å². The van der Waals surface area contributed by atoms with E-state index < -0.39 is 11.6 Å². The second kappa shape index (κ2) is 8.29. The van der Waals surface area contributed by atoms with Gasteiger partial charge in [-0.05, 0) is 30.0 Å². The molecule has 0 bridgehead atoms. The Labute approximate surface area is 169 Å². The van der Waals surface area contributed by atoms with Gasteiger partial charge >= 0.3 is 0 Å². The van der Waals surface area contributed by atoms with Crippen LogP contribution in [0.2, 0.25) is 0 Å². The molecule has 7 heteroatoms. The monoisotopic (exact) mass is 400 g/mol. The summed E-state index contributed by atoms with van der Waals surface area (Å²) in [6, 6.07) is 9.45. The largest absolute Gasteiger partial charge is 0.543 e. The predicted molar refractivity (Wildman–Crippen MR) is 109 cm³/mol. The number of unbranched alkanes of at least 4 members (excludes halogenated alkanes) is 1. The molecule has 0 radical (unpaired) electrons. The van der Waals surface area contributed by atoms with E-state index in [1.165, 1.54) is 0 Å². The van der Waals surface area contributed by atoms with Gasteiger partial charge in [-0.3, -0.25) is 4.99 Å². The molecule has 1 aliphatic rings. The first-order valence-corrected chi connectivity index (χ1v) is 9.68. The third-order valence-electron chi connectivity index (χ3n) is 4.99. The van der Waals surface area contributed by atoms with Gasteiger partial charge in [-0.2, -0.15) is 0 Å². The fourth-order valence-corrected chi connectivity index (χ4v) is 3.81. The molecule has 28 heavy (non-hydrogen) atoms. The van der Waals surface area contributed by atoms with Gasteiger partial charge in [0.15, 0.2) is 5.66 Å². The highest BCUT2D eigenvalue weighted by Crippen LogP contribution is 2.32. The first-order chi connectivity index (χ1) is 13.4. The number of aromatic nitrogens is 1. The molecule has 1 atom stereocenters. The fourth-order valence-electron chi connectivity index (χ4n) is 3.56. The van der Waals surface area contributed by atoms with Crippen LogP contribution < -0.4 is 5.11 Å². The number of hydrogen-bond acceptors (Lipinski definition) is 5. The molecule has 1 unspecified atom stereocenters. The number of carboxylic acid groups (broad SMARTS) is 1. The van der Waals surface area contributed by atoms with E-state index in [0.717, 1.165) is 30.4 Å². The Balaban J connectivity index is 1.87. The minimum atomic E-state index is -1.20. The molecule has 0 amide bonds. The quantitative estimate of drug-likeness (QED) is 0.738. The summed E-state index contributed by atoms with van der Waals surface area (Å²) in [6.07, 6.45) is 4.98. The molecule has 6 nitrogen and oxygen atoms in total. The molecule has 1 aromatic carbocycles. The van der Waals surface area contributed by atoms with Crippen molar-refractivity contribution in [2.24, 2.45) is 17.0 Å². The molecule has 0 saturated carbocycles. The van der Waals surface area contributed by atoms with Gasteiger partial charge in [0, 0.05) is 25.2 Å². The van der Waals surface area contributed by atoms with E-state index in [4.69, 9.17) is 11.6 Å². The minimum absolute atomic E-state index is 0.150. The van der Waals surface area contributed by atoms with Gasteiger partial charge < -0.3 is 19.6 Å². The number of carboxylic acids is 1. The average Bonchev–Trinajstić information content (AvgIpc) is 3.21. The summed E-state index contributed by atoms with van der Waals surface area (Å²) in [5, 5.41) is 21.1. The smallest absolute Gasteiger partial charge is 0.156 e. The molecule has 2 heterocycles. The van der Waals surface area contributed by atoms with Gasteiger partial charge in [0.1, 0.15) is 10.9 Å². The van der Waals surface area contributed by atoms with E-state index in [2.05, 4.69) is 16.9 Å². The molecule has 0 saturated heterocycles. The highest BCUT2D eigenvalue weighted by Gasteiger charge is 2.35. The van der Waals surface area contributed by atoms with Gasteiger partial charge in [0.05, 0.1) is 18.3 Å². The van der Waals surface area contributed by atoms with Crippen molar-refractivity contribution in [1.29, 1.82) is 0 Å². The summed E-state index contributed by atoms with van der Waals surface area (Å²) in [7, 11) is 1.68. The van der Waals surface area contributed by atoms with Gasteiger partial charge in [0.2, 0.25) is 0 Å². The Morgan fingerprint density at radius 2 is 1.96 bits per heavy atom. The molecule has 0 spiro atoms. The molecule has 148 valence electrons. The molecular formula is C21H23ClN3O3-. The summed E-state index contributed by atoms with van der Waals surface area (Å²) in [5.74, 6) is -1.20. The Morgan fingerprint density at radius 1 is 1.25 bits per heavy atom. The van der Waals surface area contributed by atoms with Crippen molar-refractivity contribution in [3.63, 3.8) is 0 Å². The SMILES string of the molecule is CCCCC1(Cc2ccc(-c3ccn(C)c3C(=O)[O-])cc2)N=C(Cl)C(CO)=N1. The Bertz CT molecular complexity index is 931. The number of benzene rings is 1. The number of aliphatic hydroxyl groups excluding tert-OH is 1. The average molecular weight is 401 g/mol. The summed E-state index contributed by atoms with van der Waals surface area (Å²) in [5.41, 5.74) is 2.34. The lowest BCUT2D eigenvalue weighted by atomic mass is 9.94. The fraction of sp³-hybridized carbons (Fsp3) is 0.381. The maximum Gasteiger partial charge on any atom is 0.156 e. The normalized spacial score (nSPS) is 18.9. The Morgan fingerprint density at radius 3 is 2.54 bits per heavy atom. The zero-order valence-corrected chi connectivity index (χ0v) is 16.7. The number of aromatic carboxylic acids is 1. The van der Waals surface area contributed by atoms with Crippen molar-refractivity contribution in [2.45, 2.75) is 38.3 Å². The number of nitrogens with zero attached hydrogens (tertiary/aromatic N) is 3. The van der Waals surface area contributed by atoms with E-state index >= 15 is 0 Å². The first kappa shape index (κ1) is 20.3. The van der Waals surface area contributed by atoms with Crippen LogP contribution in [0, 0.1) is 0 Å². The van der Waals surface area contributed by atoms with Crippen LogP contribution in [0.1, 0.15) is 42.2 Å². The van der Waals surface area contributed by atoms with E-state index in [9.17, 15) is 15.0 Å². The van der Waals surface area contributed by atoms with E-state index in [-0.39, 0.29) is 17.5 Å². The summed E-state index contributed by atoms with van der Waals surface area (Å²) < 4.78 is 1.54. The van der Waals surface area contributed by atoms with Gasteiger partial charge in [-0.15, -0.1) is 0 Å². The molecule has 1 N–H and O–H groups in total. The zero-order valence-electron chi connectivity index (χ0n) is 16.0. The van der Waals surface area contributed by atoms with Crippen LogP contribution in [-0.4, -0.2) is 38.8 Å². The van der Waals surface area contributed by atoms with Crippen molar-refractivity contribution in [3.05, 3.63) is 47.8 Å². The van der Waals surface area contributed by atoms with Crippen molar-refractivity contribution in [1.82, 2.24) is 4.57 Å². The van der Waals surface area contributed by atoms with E-state index in [1.54, 1.807) is 23.9 Å². The van der Waals surface area contributed by atoms with Gasteiger partial charge in [-0.1, -0.05) is 49.2 Å². The number of halogens is 1. The number of aliphatic imine (C=N–C) groups is 2. The third-order valence-corrected chi connectivity index (χ3v) is 5.29. The highest BCUT2D eigenvalue weighted by molar-refractivity contribution is 6.84. The molecule has 3 rings (SSSR count). The predicted octanol–water partition coefficient (Wildman–Crippen LogP) is 2.57. The first-order valence-electron chi connectivity index (χ1n) is 9.30. The Kier molecular flexibility index (Phi) is 6.01. The number of aryl methyl sites for hydroxylation is 1. The van der Waals surface area contributed by atoms with Gasteiger partial charge in [-0.25, -0.2) is 4.99 Å². The third kappa shape index (κ3) is 4.03. The number of rotatable bonds is 8. The van der Waals surface area contributed by atoms with Crippen molar-refractivity contribution in [2.75, 3.05) is 6.61 Å². The lowest BCUT2D eigenvalue weighted by Gasteiger charge is -2.23. The van der Waals surface area contributed by atoms with Gasteiger partial charge in [0.25, 0.3) is 0 Å². The number of hydrogen-bond donors (Lipinski definition) is 1. The second-order valence-corrected chi connectivity index (χ2v) is 7.41. The molecule has 2 aromatic rings. The van der Waals surface area contributed by atoms with E-state index in [1.807, 2.05) is 24.3 Å². The van der Waals surface area contributed by atoms with Crippen LogP contribution in [0.3, 0.4) is 0 Å². The van der Waals surface area contributed by atoms with Crippen molar-refractivity contribution in [3.8, 4) is 11.1 Å². The number of carbonyl (C=O) groups excluding carboxylic acids is 1. The van der Waals surface area contributed by atoms with Crippen LogP contribution in [-0.2, 0) is 13.5 Å². The lowest BCUT2D eigenvalue weighted by molar-refractivity contribution is -0.255. The van der Waals surface area contributed by atoms with Crippen LogP contribution in [0.25, 0.3) is 11.1 Å². The maximum absolute atomic E-state index is 11.4. The lowest BCUT2D eigenvalue weighted by Crippen LogP contribution is -2.26. The van der Waals surface area contributed by atoms with E-state index in [0.29, 0.717) is 17.7 Å². The number of carbonyl (C=O) groups is 1. The topological polar surface area (TPSA) is 90.0 Å².